The molecule has 1 aromatic carbocycles. The van der Waals surface area contributed by atoms with E-state index in [1.165, 1.54) is 11.5 Å². The summed E-state index contributed by atoms with van der Waals surface area (Å²) < 4.78 is 0. The maximum atomic E-state index is 10.4. The van der Waals surface area contributed by atoms with E-state index in [0.717, 1.165) is 25.8 Å². The van der Waals surface area contributed by atoms with Crippen molar-refractivity contribution in [3.8, 4) is 0 Å². The fraction of sp³-hybridized carbons (Fsp3) is 0.588. The summed E-state index contributed by atoms with van der Waals surface area (Å²) >= 11 is 0. The average Bonchev–Trinajstić information content (AvgIpc) is 2.36. The van der Waals surface area contributed by atoms with Crippen molar-refractivity contribution in [1.82, 2.24) is 4.90 Å². The first-order valence-corrected chi connectivity index (χ1v) is 7.14. The molecule has 0 aliphatic rings. The predicted molar refractivity (Wildman–Crippen MR) is 82.0 cm³/mol. The lowest BCUT2D eigenvalue weighted by Gasteiger charge is -2.25. The van der Waals surface area contributed by atoms with Crippen LogP contribution in [0.2, 0.25) is 0 Å². The Labute approximate surface area is 118 Å². The van der Waals surface area contributed by atoms with Crippen molar-refractivity contribution in [3.05, 3.63) is 41.8 Å². The van der Waals surface area contributed by atoms with Crippen molar-refractivity contribution in [2.24, 2.45) is 5.92 Å². The van der Waals surface area contributed by atoms with Crippen molar-refractivity contribution in [2.45, 2.75) is 39.2 Å². The topological polar surface area (TPSA) is 23.5 Å². The fourth-order valence-electron chi connectivity index (χ4n) is 2.41. The summed E-state index contributed by atoms with van der Waals surface area (Å²) in [6.07, 6.45) is 2.58. The van der Waals surface area contributed by atoms with Crippen LogP contribution in [0.3, 0.4) is 0 Å². The maximum Gasteiger partial charge on any atom is 0.0584 e. The van der Waals surface area contributed by atoms with Gasteiger partial charge in [-0.15, -0.1) is 0 Å². The normalized spacial score (nSPS) is 14.9. The van der Waals surface area contributed by atoms with Gasteiger partial charge in [0.2, 0.25) is 0 Å². The van der Waals surface area contributed by atoms with Gasteiger partial charge in [0, 0.05) is 0 Å². The summed E-state index contributed by atoms with van der Waals surface area (Å²) in [7, 11) is 4.10. The molecule has 1 N–H and O–H groups in total. The number of aliphatic hydroxyl groups is 1. The second kappa shape index (κ2) is 8.34. The summed E-state index contributed by atoms with van der Waals surface area (Å²) in [6, 6.07) is 10.5. The van der Waals surface area contributed by atoms with Crippen molar-refractivity contribution in [1.29, 1.82) is 0 Å². The molecule has 0 aliphatic heterocycles. The molecular weight excluding hydrogens is 234 g/mol. The molecule has 0 aromatic heterocycles. The van der Waals surface area contributed by atoms with Crippen LogP contribution in [-0.2, 0) is 6.42 Å². The van der Waals surface area contributed by atoms with Gasteiger partial charge in [0.15, 0.2) is 0 Å². The van der Waals surface area contributed by atoms with E-state index in [4.69, 9.17) is 0 Å². The van der Waals surface area contributed by atoms with Crippen molar-refractivity contribution >= 4 is 0 Å². The molecular formula is C17H28NO. The van der Waals surface area contributed by atoms with Crippen LogP contribution in [0.4, 0.5) is 0 Å². The third-order valence-corrected chi connectivity index (χ3v) is 3.43. The highest BCUT2D eigenvalue weighted by Crippen LogP contribution is 2.23. The number of benzene rings is 1. The molecule has 107 valence electrons. The Bertz CT molecular complexity index is 334. The van der Waals surface area contributed by atoms with E-state index in [0.29, 0.717) is 5.92 Å². The first-order valence-electron chi connectivity index (χ1n) is 7.14. The molecule has 2 heteroatoms. The number of nitrogens with zero attached hydrogens (tertiary/aromatic N) is 1. The second-order valence-electron chi connectivity index (χ2n) is 6.02. The molecule has 2 atom stereocenters. The maximum absolute atomic E-state index is 10.4. The fourth-order valence-corrected chi connectivity index (χ4v) is 2.41. The highest BCUT2D eigenvalue weighted by atomic mass is 16.3. The molecule has 1 aromatic rings. The van der Waals surface area contributed by atoms with Gasteiger partial charge in [0.05, 0.1) is 6.10 Å². The van der Waals surface area contributed by atoms with Gasteiger partial charge in [0.25, 0.3) is 0 Å². The van der Waals surface area contributed by atoms with Crippen LogP contribution < -0.4 is 0 Å². The van der Waals surface area contributed by atoms with Gasteiger partial charge in [-0.3, -0.25) is 0 Å². The van der Waals surface area contributed by atoms with Gasteiger partial charge in [-0.05, 0) is 57.3 Å². The van der Waals surface area contributed by atoms with Gasteiger partial charge < -0.3 is 10.0 Å². The van der Waals surface area contributed by atoms with Crippen molar-refractivity contribution in [2.75, 3.05) is 20.6 Å². The molecule has 0 heterocycles. The zero-order valence-electron chi connectivity index (χ0n) is 12.8. The SMILES string of the molecule is C[C](C)CC(Cc1ccccc1)C(O)CCN(C)C. The Morgan fingerprint density at radius 3 is 2.32 bits per heavy atom. The highest BCUT2D eigenvalue weighted by molar-refractivity contribution is 5.15. The monoisotopic (exact) mass is 262 g/mol. The molecule has 0 saturated heterocycles. The Morgan fingerprint density at radius 2 is 1.79 bits per heavy atom. The van der Waals surface area contributed by atoms with E-state index in [2.05, 4.69) is 57.1 Å². The second-order valence-corrected chi connectivity index (χ2v) is 6.02. The van der Waals surface area contributed by atoms with Crippen LogP contribution in [0, 0.1) is 11.8 Å². The number of hydrogen-bond donors (Lipinski definition) is 1. The molecule has 0 amide bonds. The van der Waals surface area contributed by atoms with Crippen LogP contribution in [0.1, 0.15) is 32.3 Å². The van der Waals surface area contributed by atoms with Gasteiger partial charge in [-0.2, -0.15) is 0 Å². The van der Waals surface area contributed by atoms with E-state index in [9.17, 15) is 5.11 Å². The van der Waals surface area contributed by atoms with Gasteiger partial charge >= 0.3 is 0 Å². The van der Waals surface area contributed by atoms with Gasteiger partial charge in [-0.1, -0.05) is 44.2 Å². The lowest BCUT2D eigenvalue weighted by Crippen LogP contribution is -2.28. The number of rotatable bonds is 8. The minimum atomic E-state index is -0.225. The summed E-state index contributed by atoms with van der Waals surface area (Å²) in [5, 5.41) is 10.4. The molecule has 1 rings (SSSR count). The van der Waals surface area contributed by atoms with Crippen molar-refractivity contribution in [3.63, 3.8) is 0 Å². The molecule has 19 heavy (non-hydrogen) atoms. The van der Waals surface area contributed by atoms with E-state index in [-0.39, 0.29) is 6.10 Å². The molecule has 0 bridgehead atoms. The molecule has 2 unspecified atom stereocenters. The Kier molecular flexibility index (Phi) is 7.11. The first-order chi connectivity index (χ1) is 8.99. The van der Waals surface area contributed by atoms with Crippen LogP contribution >= 0.6 is 0 Å². The number of aliphatic hydroxyl groups excluding tert-OH is 1. The summed E-state index contributed by atoms with van der Waals surface area (Å²) in [4.78, 5) is 2.13. The van der Waals surface area contributed by atoms with Crippen LogP contribution in [0.5, 0.6) is 0 Å². The third kappa shape index (κ3) is 6.74. The summed E-state index contributed by atoms with van der Waals surface area (Å²) in [6.45, 7) is 5.24. The minimum absolute atomic E-state index is 0.225. The molecule has 0 saturated carbocycles. The molecule has 0 fully saturated rings. The zero-order chi connectivity index (χ0) is 14.3. The average molecular weight is 262 g/mol. The van der Waals surface area contributed by atoms with Crippen LogP contribution in [0.15, 0.2) is 30.3 Å². The van der Waals surface area contributed by atoms with Gasteiger partial charge in [0.1, 0.15) is 0 Å². The highest BCUT2D eigenvalue weighted by Gasteiger charge is 2.21. The van der Waals surface area contributed by atoms with Gasteiger partial charge in [-0.25, -0.2) is 0 Å². The molecule has 0 aliphatic carbocycles. The molecule has 1 radical (unpaired) electrons. The number of hydrogen-bond acceptors (Lipinski definition) is 2. The lowest BCUT2D eigenvalue weighted by atomic mass is 9.85. The zero-order valence-corrected chi connectivity index (χ0v) is 12.8. The van der Waals surface area contributed by atoms with E-state index in [1.54, 1.807) is 0 Å². The predicted octanol–water partition coefficient (Wildman–Crippen LogP) is 3.16. The lowest BCUT2D eigenvalue weighted by molar-refractivity contribution is 0.0879. The quantitative estimate of drug-likeness (QED) is 0.778. The van der Waals surface area contributed by atoms with E-state index < -0.39 is 0 Å². The van der Waals surface area contributed by atoms with E-state index in [1.807, 2.05) is 6.07 Å². The molecule has 0 spiro atoms. The van der Waals surface area contributed by atoms with Crippen molar-refractivity contribution < 1.29 is 5.11 Å². The Balaban J connectivity index is 2.60. The van der Waals surface area contributed by atoms with E-state index >= 15 is 0 Å². The Morgan fingerprint density at radius 1 is 1.16 bits per heavy atom. The summed E-state index contributed by atoms with van der Waals surface area (Å²) in [5.41, 5.74) is 1.32. The first kappa shape index (κ1) is 16.2. The largest absolute Gasteiger partial charge is 0.393 e. The summed E-state index contributed by atoms with van der Waals surface area (Å²) in [5.74, 6) is 1.72. The smallest absolute Gasteiger partial charge is 0.0584 e. The molecule has 2 nitrogen and oxygen atoms in total. The van der Waals surface area contributed by atoms with Crippen LogP contribution in [0.25, 0.3) is 0 Å². The Hall–Kier alpha value is -0.860. The van der Waals surface area contributed by atoms with Crippen LogP contribution in [-0.4, -0.2) is 36.8 Å². The minimum Gasteiger partial charge on any atom is -0.393 e. The standard InChI is InChI=1S/C17H28NO/c1-14(2)12-16(17(19)10-11-18(3)4)13-15-8-6-5-7-9-15/h5-9,16-17,19H,10-13H2,1-4H3. The third-order valence-electron chi connectivity index (χ3n) is 3.43.